The fourth-order valence-corrected chi connectivity index (χ4v) is 3.70. The molecule has 0 radical (unpaired) electrons. The van der Waals surface area contributed by atoms with Crippen molar-refractivity contribution in [2.24, 2.45) is 0 Å². The Labute approximate surface area is 145 Å². The van der Waals surface area contributed by atoms with Crippen LogP contribution in [-0.2, 0) is 9.47 Å². The van der Waals surface area contributed by atoms with Crippen molar-refractivity contribution in [2.75, 3.05) is 25.1 Å². The Balaban J connectivity index is 1.75. The summed E-state index contributed by atoms with van der Waals surface area (Å²) in [5, 5.41) is 6.19. The third-order valence-corrected chi connectivity index (χ3v) is 4.98. The van der Waals surface area contributed by atoms with Crippen LogP contribution in [0.1, 0.15) is 41.4 Å². The highest BCUT2D eigenvalue weighted by atomic mass is 32.1. The monoisotopic (exact) mass is 349 g/mol. The minimum Gasteiger partial charge on any atom is -0.462 e. The average Bonchev–Trinajstić information content (AvgIpc) is 3.26. The van der Waals surface area contributed by atoms with E-state index in [0.717, 1.165) is 53.8 Å². The Kier molecular flexibility index (Phi) is 5.20. The highest BCUT2D eigenvalue weighted by Gasteiger charge is 2.21. The van der Waals surface area contributed by atoms with E-state index < -0.39 is 0 Å². The molecular formula is C17H23N3O3S. The Morgan fingerprint density at radius 3 is 3.08 bits per heavy atom. The number of aromatic amines is 1. The summed E-state index contributed by atoms with van der Waals surface area (Å²) in [7, 11) is 0. The fourth-order valence-electron chi connectivity index (χ4n) is 2.99. The minimum atomic E-state index is -0.290. The van der Waals surface area contributed by atoms with E-state index in [4.69, 9.17) is 9.47 Å². The second-order valence-electron chi connectivity index (χ2n) is 5.90. The van der Waals surface area contributed by atoms with Gasteiger partial charge in [0.2, 0.25) is 0 Å². The van der Waals surface area contributed by atoms with E-state index in [-0.39, 0.29) is 12.1 Å². The molecule has 0 aliphatic carbocycles. The van der Waals surface area contributed by atoms with E-state index in [1.165, 1.54) is 0 Å². The Morgan fingerprint density at radius 1 is 1.54 bits per heavy atom. The van der Waals surface area contributed by atoms with Crippen LogP contribution in [0.2, 0.25) is 0 Å². The number of anilines is 1. The van der Waals surface area contributed by atoms with Crippen LogP contribution in [-0.4, -0.2) is 41.8 Å². The molecule has 1 atom stereocenters. The molecular weight excluding hydrogens is 326 g/mol. The van der Waals surface area contributed by atoms with Crippen LogP contribution < -0.4 is 5.32 Å². The maximum Gasteiger partial charge on any atom is 0.340 e. The van der Waals surface area contributed by atoms with Gasteiger partial charge in [-0.05, 0) is 39.2 Å². The number of rotatable bonds is 6. The van der Waals surface area contributed by atoms with Gasteiger partial charge in [0, 0.05) is 24.2 Å². The lowest BCUT2D eigenvalue weighted by Crippen LogP contribution is -2.18. The highest BCUT2D eigenvalue weighted by molar-refractivity contribution is 7.14. The van der Waals surface area contributed by atoms with Gasteiger partial charge in [-0.3, -0.25) is 0 Å². The molecule has 2 aromatic heterocycles. The van der Waals surface area contributed by atoms with Gasteiger partial charge >= 0.3 is 5.97 Å². The third-order valence-electron chi connectivity index (χ3n) is 4.18. The van der Waals surface area contributed by atoms with Crippen molar-refractivity contribution in [3.8, 4) is 11.4 Å². The summed E-state index contributed by atoms with van der Waals surface area (Å²) >= 11 is 1.56. The van der Waals surface area contributed by atoms with Gasteiger partial charge in [-0.25, -0.2) is 9.78 Å². The number of nitrogens with one attached hydrogen (secondary N) is 2. The number of aryl methyl sites for hydroxylation is 1. The van der Waals surface area contributed by atoms with Gasteiger partial charge in [0.1, 0.15) is 5.69 Å². The van der Waals surface area contributed by atoms with Crippen molar-refractivity contribution in [2.45, 2.75) is 39.7 Å². The van der Waals surface area contributed by atoms with Crippen LogP contribution in [0.15, 0.2) is 5.38 Å². The topological polar surface area (TPSA) is 76.2 Å². The van der Waals surface area contributed by atoms with Crippen LogP contribution in [0.25, 0.3) is 11.4 Å². The molecule has 2 N–H and O–H groups in total. The van der Waals surface area contributed by atoms with E-state index in [2.05, 4.69) is 15.3 Å². The van der Waals surface area contributed by atoms with Crippen LogP contribution in [0.4, 0.5) is 5.13 Å². The standard InChI is InChI=1S/C17H23N3O3S/c1-4-22-16(21)14-10(2)15(19-11(14)3)13-9-24-17(20-13)18-8-12-6-5-7-23-12/h9,12,19H,4-8H2,1-3H3,(H,18,20)/t12-/m0/s1. The number of aromatic nitrogens is 2. The van der Waals surface area contributed by atoms with Crippen molar-refractivity contribution in [3.05, 3.63) is 22.2 Å². The number of hydrogen-bond acceptors (Lipinski definition) is 6. The first-order valence-corrected chi connectivity index (χ1v) is 9.15. The molecule has 1 aliphatic rings. The highest BCUT2D eigenvalue weighted by Crippen LogP contribution is 2.30. The number of carbonyl (C=O) groups excluding carboxylic acids is 1. The summed E-state index contributed by atoms with van der Waals surface area (Å²) in [5.41, 5.74) is 4.00. The normalized spacial score (nSPS) is 17.2. The number of H-pyrrole nitrogens is 1. The predicted molar refractivity (Wildman–Crippen MR) is 94.8 cm³/mol. The van der Waals surface area contributed by atoms with Crippen molar-refractivity contribution >= 4 is 22.4 Å². The molecule has 3 rings (SSSR count). The van der Waals surface area contributed by atoms with E-state index in [1.807, 2.05) is 26.2 Å². The zero-order chi connectivity index (χ0) is 17.1. The van der Waals surface area contributed by atoms with E-state index in [9.17, 15) is 4.79 Å². The van der Waals surface area contributed by atoms with Crippen LogP contribution in [0.3, 0.4) is 0 Å². The molecule has 3 heterocycles. The summed E-state index contributed by atoms with van der Waals surface area (Å²) in [6.07, 6.45) is 2.51. The smallest absolute Gasteiger partial charge is 0.340 e. The molecule has 7 heteroatoms. The van der Waals surface area contributed by atoms with E-state index in [0.29, 0.717) is 12.2 Å². The molecule has 0 amide bonds. The Bertz CT molecular complexity index is 717. The van der Waals surface area contributed by atoms with Gasteiger partial charge in [0.05, 0.1) is 24.0 Å². The van der Waals surface area contributed by atoms with Crippen LogP contribution >= 0.6 is 11.3 Å². The lowest BCUT2D eigenvalue weighted by molar-refractivity contribution is 0.0525. The molecule has 6 nitrogen and oxygen atoms in total. The predicted octanol–water partition coefficient (Wildman–Crippen LogP) is 3.52. The fraction of sp³-hybridized carbons (Fsp3) is 0.529. The molecule has 0 saturated carbocycles. The average molecular weight is 349 g/mol. The molecule has 1 aliphatic heterocycles. The Hall–Kier alpha value is -1.86. The number of thiazole rings is 1. The van der Waals surface area contributed by atoms with Crippen LogP contribution in [0, 0.1) is 13.8 Å². The number of nitrogens with zero attached hydrogens (tertiary/aromatic N) is 1. The maximum atomic E-state index is 12.1. The summed E-state index contributed by atoms with van der Waals surface area (Å²) in [6, 6.07) is 0. The largest absolute Gasteiger partial charge is 0.462 e. The first-order chi connectivity index (χ1) is 11.6. The lowest BCUT2D eigenvalue weighted by Gasteiger charge is -2.09. The molecule has 1 fully saturated rings. The second kappa shape index (κ2) is 7.36. The van der Waals surface area contributed by atoms with Crippen molar-refractivity contribution in [1.82, 2.24) is 9.97 Å². The van der Waals surface area contributed by atoms with Crippen molar-refractivity contribution in [3.63, 3.8) is 0 Å². The summed E-state index contributed by atoms with van der Waals surface area (Å²) in [6.45, 7) is 7.61. The first kappa shape index (κ1) is 17.0. The van der Waals surface area contributed by atoms with E-state index >= 15 is 0 Å². The van der Waals surface area contributed by atoms with Crippen molar-refractivity contribution < 1.29 is 14.3 Å². The maximum absolute atomic E-state index is 12.1. The Morgan fingerprint density at radius 2 is 2.38 bits per heavy atom. The molecule has 0 aromatic carbocycles. The van der Waals surface area contributed by atoms with Gasteiger partial charge < -0.3 is 19.8 Å². The molecule has 0 spiro atoms. The summed E-state index contributed by atoms with van der Waals surface area (Å²) in [4.78, 5) is 20.0. The summed E-state index contributed by atoms with van der Waals surface area (Å²) in [5.74, 6) is -0.290. The van der Waals surface area contributed by atoms with Gasteiger partial charge in [0.25, 0.3) is 0 Å². The van der Waals surface area contributed by atoms with Crippen LogP contribution in [0.5, 0.6) is 0 Å². The van der Waals surface area contributed by atoms with E-state index in [1.54, 1.807) is 11.3 Å². The third kappa shape index (κ3) is 3.47. The van der Waals surface area contributed by atoms with Gasteiger partial charge in [-0.15, -0.1) is 11.3 Å². The van der Waals surface area contributed by atoms with Crippen molar-refractivity contribution in [1.29, 1.82) is 0 Å². The minimum absolute atomic E-state index is 0.280. The van der Waals surface area contributed by atoms with Gasteiger partial charge in [0.15, 0.2) is 5.13 Å². The van der Waals surface area contributed by atoms with Gasteiger partial charge in [-0.1, -0.05) is 0 Å². The van der Waals surface area contributed by atoms with Gasteiger partial charge in [-0.2, -0.15) is 0 Å². The first-order valence-electron chi connectivity index (χ1n) is 8.27. The number of esters is 1. The second-order valence-corrected chi connectivity index (χ2v) is 6.76. The number of ether oxygens (including phenoxy) is 2. The molecule has 0 bridgehead atoms. The number of hydrogen-bond donors (Lipinski definition) is 2. The molecule has 24 heavy (non-hydrogen) atoms. The summed E-state index contributed by atoms with van der Waals surface area (Å²) < 4.78 is 10.7. The molecule has 2 aromatic rings. The lowest BCUT2D eigenvalue weighted by atomic mass is 10.1. The quantitative estimate of drug-likeness (QED) is 0.780. The molecule has 130 valence electrons. The molecule has 0 unspecified atom stereocenters. The zero-order valence-electron chi connectivity index (χ0n) is 14.3. The zero-order valence-corrected chi connectivity index (χ0v) is 15.1. The number of carbonyl (C=O) groups is 1. The molecule has 1 saturated heterocycles. The SMILES string of the molecule is CCOC(=O)c1c(C)[nH]c(-c2csc(NC[C@@H]3CCCO3)n2)c1C.